The Morgan fingerprint density at radius 1 is 1.46 bits per heavy atom. The fourth-order valence-electron chi connectivity index (χ4n) is 2.10. The van der Waals surface area contributed by atoms with Gasteiger partial charge in [0.25, 0.3) is 0 Å². The maximum atomic E-state index is 5.36. The second kappa shape index (κ2) is 3.48. The van der Waals surface area contributed by atoms with E-state index in [1.165, 1.54) is 27.5 Å². The lowest BCUT2D eigenvalue weighted by atomic mass is 10.0. The number of hydrogen-bond acceptors (Lipinski definition) is 1. The van der Waals surface area contributed by atoms with Crippen molar-refractivity contribution in [1.29, 1.82) is 0 Å². The summed E-state index contributed by atoms with van der Waals surface area (Å²) < 4.78 is 6.74. The van der Waals surface area contributed by atoms with Crippen LogP contribution in [0.15, 0.2) is 12.1 Å². The number of rotatable bonds is 1. The van der Waals surface area contributed by atoms with Gasteiger partial charge in [0.05, 0.1) is 7.11 Å². The zero-order valence-electron chi connectivity index (χ0n) is 7.93. The molecule has 0 saturated carbocycles. The maximum absolute atomic E-state index is 5.36. The van der Waals surface area contributed by atoms with E-state index in [1.54, 1.807) is 7.11 Å². The molecule has 0 saturated heterocycles. The van der Waals surface area contributed by atoms with Gasteiger partial charge in [0, 0.05) is 3.57 Å². The zero-order chi connectivity index (χ0) is 9.42. The van der Waals surface area contributed by atoms with Crippen molar-refractivity contribution in [2.24, 2.45) is 0 Å². The van der Waals surface area contributed by atoms with Crippen LogP contribution < -0.4 is 4.74 Å². The Morgan fingerprint density at radius 2 is 2.23 bits per heavy atom. The van der Waals surface area contributed by atoms with Crippen molar-refractivity contribution in [3.63, 3.8) is 0 Å². The number of methoxy groups -OCH3 is 1. The van der Waals surface area contributed by atoms with E-state index >= 15 is 0 Å². The van der Waals surface area contributed by atoms with Gasteiger partial charge in [-0.25, -0.2) is 0 Å². The third-order valence-corrected chi connectivity index (χ3v) is 3.74. The molecule has 0 amide bonds. The van der Waals surface area contributed by atoms with E-state index in [9.17, 15) is 0 Å². The third kappa shape index (κ3) is 1.45. The number of ether oxygens (including phenoxy) is 1. The molecule has 0 radical (unpaired) electrons. The fourth-order valence-corrected chi connectivity index (χ4v) is 3.14. The van der Waals surface area contributed by atoms with Crippen molar-refractivity contribution in [3.8, 4) is 5.75 Å². The molecule has 13 heavy (non-hydrogen) atoms. The van der Waals surface area contributed by atoms with Gasteiger partial charge < -0.3 is 4.74 Å². The molecule has 0 N–H and O–H groups in total. The van der Waals surface area contributed by atoms with Crippen molar-refractivity contribution in [2.45, 2.75) is 25.7 Å². The monoisotopic (exact) mass is 288 g/mol. The van der Waals surface area contributed by atoms with Crippen LogP contribution in [0.3, 0.4) is 0 Å². The summed E-state index contributed by atoms with van der Waals surface area (Å²) in [4.78, 5) is 0. The summed E-state index contributed by atoms with van der Waals surface area (Å²) in [7, 11) is 1.76. The topological polar surface area (TPSA) is 9.23 Å². The molecule has 2 heteroatoms. The molecule has 1 atom stereocenters. The van der Waals surface area contributed by atoms with Crippen LogP contribution in [0, 0.1) is 3.57 Å². The van der Waals surface area contributed by atoms with Gasteiger partial charge in [-0.15, -0.1) is 0 Å². The Bertz CT molecular complexity index is 333. The molecule has 1 aliphatic rings. The first-order valence-electron chi connectivity index (χ1n) is 4.59. The number of halogens is 1. The zero-order valence-corrected chi connectivity index (χ0v) is 10.1. The van der Waals surface area contributed by atoms with Gasteiger partial charge in [-0.3, -0.25) is 0 Å². The molecule has 0 aliphatic heterocycles. The van der Waals surface area contributed by atoms with Crippen molar-refractivity contribution < 1.29 is 4.74 Å². The molecule has 0 spiro atoms. The Balaban J connectivity index is 2.59. The van der Waals surface area contributed by atoms with Crippen molar-refractivity contribution in [2.75, 3.05) is 7.11 Å². The van der Waals surface area contributed by atoms with Crippen molar-refractivity contribution in [3.05, 3.63) is 26.8 Å². The molecular weight excluding hydrogens is 275 g/mol. The minimum absolute atomic E-state index is 0.706. The third-order valence-electron chi connectivity index (χ3n) is 2.80. The van der Waals surface area contributed by atoms with Gasteiger partial charge in [0.2, 0.25) is 0 Å². The fraction of sp³-hybridized carbons (Fsp3) is 0.455. The largest absolute Gasteiger partial charge is 0.496 e. The minimum atomic E-state index is 0.706. The minimum Gasteiger partial charge on any atom is -0.496 e. The van der Waals surface area contributed by atoms with Gasteiger partial charge in [-0.05, 0) is 64.6 Å². The first-order valence-corrected chi connectivity index (χ1v) is 5.67. The molecule has 0 heterocycles. The van der Waals surface area contributed by atoms with E-state index in [2.05, 4.69) is 41.6 Å². The first-order chi connectivity index (χ1) is 6.24. The van der Waals surface area contributed by atoms with Gasteiger partial charge >= 0.3 is 0 Å². The van der Waals surface area contributed by atoms with Crippen LogP contribution in [0.1, 0.15) is 30.4 Å². The highest BCUT2D eigenvalue weighted by atomic mass is 127. The second-order valence-electron chi connectivity index (χ2n) is 3.58. The van der Waals surface area contributed by atoms with Gasteiger partial charge in [-0.2, -0.15) is 0 Å². The lowest BCUT2D eigenvalue weighted by molar-refractivity contribution is 0.410. The summed E-state index contributed by atoms with van der Waals surface area (Å²) in [6.07, 6.45) is 2.45. The highest BCUT2D eigenvalue weighted by molar-refractivity contribution is 14.1. The first kappa shape index (κ1) is 9.31. The van der Waals surface area contributed by atoms with Gasteiger partial charge in [0.1, 0.15) is 5.75 Å². The van der Waals surface area contributed by atoms with Crippen molar-refractivity contribution in [1.82, 2.24) is 0 Å². The number of hydrogen-bond donors (Lipinski definition) is 0. The second-order valence-corrected chi connectivity index (χ2v) is 4.74. The highest BCUT2D eigenvalue weighted by Gasteiger charge is 2.23. The molecular formula is C11H13IO. The predicted molar refractivity (Wildman–Crippen MR) is 62.4 cm³/mol. The van der Waals surface area contributed by atoms with Crippen LogP contribution in [0.5, 0.6) is 5.75 Å². The van der Waals surface area contributed by atoms with Crippen LogP contribution in [-0.4, -0.2) is 7.11 Å². The lowest BCUT2D eigenvalue weighted by Gasteiger charge is -2.10. The molecule has 0 fully saturated rings. The van der Waals surface area contributed by atoms with Crippen molar-refractivity contribution >= 4 is 22.6 Å². The van der Waals surface area contributed by atoms with E-state index in [4.69, 9.17) is 4.74 Å². The van der Waals surface area contributed by atoms with E-state index in [-0.39, 0.29) is 0 Å². The van der Waals surface area contributed by atoms with Crippen LogP contribution >= 0.6 is 22.6 Å². The average molecular weight is 288 g/mol. The molecule has 1 aromatic carbocycles. The van der Waals surface area contributed by atoms with Crippen LogP contribution in [0.25, 0.3) is 0 Å². The normalized spacial score (nSPS) is 20.1. The van der Waals surface area contributed by atoms with Crippen LogP contribution in [0.2, 0.25) is 0 Å². The molecule has 2 rings (SSSR count). The standard InChI is InChI=1S/C11H13IO/c1-7-3-4-8-10(13-2)6-5-9(12)11(7)8/h5-7H,3-4H2,1-2H3. The summed E-state index contributed by atoms with van der Waals surface area (Å²) in [5.41, 5.74) is 2.95. The smallest absolute Gasteiger partial charge is 0.122 e. The summed E-state index contributed by atoms with van der Waals surface area (Å²) in [6.45, 7) is 2.30. The molecule has 1 aliphatic carbocycles. The van der Waals surface area contributed by atoms with Gasteiger partial charge in [0.15, 0.2) is 0 Å². The van der Waals surface area contributed by atoms with Crippen LogP contribution in [-0.2, 0) is 6.42 Å². The molecule has 1 unspecified atom stereocenters. The van der Waals surface area contributed by atoms with E-state index in [1.807, 2.05) is 0 Å². The molecule has 1 nitrogen and oxygen atoms in total. The Labute approximate surface area is 92.6 Å². The summed E-state index contributed by atoms with van der Waals surface area (Å²) in [6, 6.07) is 4.23. The van der Waals surface area contributed by atoms with E-state index in [0.29, 0.717) is 5.92 Å². The van der Waals surface area contributed by atoms with E-state index in [0.717, 1.165) is 5.75 Å². The lowest BCUT2D eigenvalue weighted by Crippen LogP contribution is -1.94. The SMILES string of the molecule is COc1ccc(I)c2c1CCC2C. The summed E-state index contributed by atoms with van der Waals surface area (Å²) in [5, 5.41) is 0. The van der Waals surface area contributed by atoms with E-state index < -0.39 is 0 Å². The van der Waals surface area contributed by atoms with Crippen LogP contribution in [0.4, 0.5) is 0 Å². The Morgan fingerprint density at radius 3 is 2.92 bits per heavy atom. The highest BCUT2D eigenvalue weighted by Crippen LogP contribution is 2.40. The number of benzene rings is 1. The summed E-state index contributed by atoms with van der Waals surface area (Å²) in [5.74, 6) is 1.77. The average Bonchev–Trinajstić information content (AvgIpc) is 2.50. The predicted octanol–water partition coefficient (Wildman–Crippen LogP) is 3.35. The molecule has 0 aromatic heterocycles. The molecule has 0 bridgehead atoms. The molecule has 70 valence electrons. The Kier molecular flexibility index (Phi) is 2.49. The summed E-state index contributed by atoms with van der Waals surface area (Å²) >= 11 is 2.42. The quantitative estimate of drug-likeness (QED) is 0.720. The number of fused-ring (bicyclic) bond motifs is 1. The molecule has 1 aromatic rings. The Hall–Kier alpha value is -0.250. The maximum Gasteiger partial charge on any atom is 0.122 e. The van der Waals surface area contributed by atoms with Gasteiger partial charge in [-0.1, -0.05) is 6.92 Å².